The third kappa shape index (κ3) is 3.69. The van der Waals surface area contributed by atoms with Crippen LogP contribution in [-0.4, -0.2) is 66.3 Å². The van der Waals surface area contributed by atoms with Gasteiger partial charge in [0.05, 0.1) is 6.61 Å². The van der Waals surface area contributed by atoms with E-state index in [1.807, 2.05) is 11.8 Å². The van der Waals surface area contributed by atoms with Crippen molar-refractivity contribution in [2.75, 3.05) is 26.2 Å². The van der Waals surface area contributed by atoms with Gasteiger partial charge < -0.3 is 15.0 Å². The maximum Gasteiger partial charge on any atom is 0.409 e. The maximum absolute atomic E-state index is 11.7. The first-order chi connectivity index (χ1) is 10.2. The highest BCUT2D eigenvalue weighted by Crippen LogP contribution is 2.33. The van der Waals surface area contributed by atoms with E-state index in [9.17, 15) is 4.79 Å². The second kappa shape index (κ2) is 6.53. The molecule has 2 unspecified atom stereocenters. The van der Waals surface area contributed by atoms with Gasteiger partial charge in [-0.2, -0.15) is 0 Å². The Kier molecular flexibility index (Phi) is 4.69. The third-order valence-corrected chi connectivity index (χ3v) is 5.13. The van der Waals surface area contributed by atoms with E-state index in [1.165, 1.54) is 25.8 Å². The molecule has 0 aromatic heterocycles. The van der Waals surface area contributed by atoms with Gasteiger partial charge in [0.1, 0.15) is 0 Å². The summed E-state index contributed by atoms with van der Waals surface area (Å²) in [6.07, 6.45) is 6.02. The molecule has 0 aromatic carbocycles. The molecule has 1 N–H and O–H groups in total. The van der Waals surface area contributed by atoms with Crippen molar-refractivity contribution in [2.45, 2.75) is 70.1 Å². The number of likely N-dealkylation sites (tertiary alicyclic amines) is 2. The van der Waals surface area contributed by atoms with Gasteiger partial charge >= 0.3 is 6.09 Å². The van der Waals surface area contributed by atoms with Crippen LogP contribution in [0.3, 0.4) is 0 Å². The van der Waals surface area contributed by atoms with E-state index in [-0.39, 0.29) is 6.09 Å². The molecular weight excluding hydrogens is 266 g/mol. The summed E-state index contributed by atoms with van der Waals surface area (Å²) in [6, 6.07) is 2.80. The van der Waals surface area contributed by atoms with Crippen LogP contribution in [0.25, 0.3) is 0 Å². The first-order valence-corrected chi connectivity index (χ1v) is 8.61. The maximum atomic E-state index is 11.7. The highest BCUT2D eigenvalue weighted by atomic mass is 16.6. The topological polar surface area (TPSA) is 44.8 Å². The minimum absolute atomic E-state index is 0.148. The molecule has 0 bridgehead atoms. The molecule has 0 spiro atoms. The minimum atomic E-state index is -0.148. The standard InChI is InChI=1S/C16H29N3O2/c1-3-21-16(20)18-8-6-13(7-9-18)17-14-10-12(2)19(11-14)15-4-5-15/h12-15,17H,3-11H2,1-2H3. The lowest BCUT2D eigenvalue weighted by molar-refractivity contribution is 0.0942. The van der Waals surface area contributed by atoms with Crippen molar-refractivity contribution >= 4 is 6.09 Å². The number of nitrogens with zero attached hydrogens (tertiary/aromatic N) is 2. The summed E-state index contributed by atoms with van der Waals surface area (Å²) in [7, 11) is 0. The Bertz CT molecular complexity index is 365. The van der Waals surface area contributed by atoms with Crippen LogP contribution in [0.5, 0.6) is 0 Å². The van der Waals surface area contributed by atoms with Crippen LogP contribution < -0.4 is 5.32 Å². The molecule has 2 saturated heterocycles. The van der Waals surface area contributed by atoms with Gasteiger partial charge in [0.2, 0.25) is 0 Å². The van der Waals surface area contributed by atoms with Crippen LogP contribution in [0.4, 0.5) is 4.79 Å². The van der Waals surface area contributed by atoms with E-state index >= 15 is 0 Å². The predicted octanol–water partition coefficient (Wildman–Crippen LogP) is 1.82. The van der Waals surface area contributed by atoms with Gasteiger partial charge in [-0.05, 0) is 46.0 Å². The number of ether oxygens (including phenoxy) is 1. The quantitative estimate of drug-likeness (QED) is 0.859. The summed E-state index contributed by atoms with van der Waals surface area (Å²) in [5, 5.41) is 3.83. The molecule has 120 valence electrons. The average molecular weight is 295 g/mol. The van der Waals surface area contributed by atoms with E-state index in [2.05, 4.69) is 17.1 Å². The van der Waals surface area contributed by atoms with E-state index in [1.54, 1.807) is 0 Å². The van der Waals surface area contributed by atoms with E-state index < -0.39 is 0 Å². The zero-order chi connectivity index (χ0) is 14.8. The molecule has 2 heterocycles. The van der Waals surface area contributed by atoms with E-state index in [4.69, 9.17) is 4.74 Å². The van der Waals surface area contributed by atoms with Gasteiger partial charge in [-0.25, -0.2) is 4.79 Å². The van der Waals surface area contributed by atoms with Gasteiger partial charge in [0, 0.05) is 43.8 Å². The highest BCUT2D eigenvalue weighted by molar-refractivity contribution is 5.67. The Morgan fingerprint density at radius 3 is 2.52 bits per heavy atom. The molecule has 3 fully saturated rings. The number of piperidine rings is 1. The summed E-state index contributed by atoms with van der Waals surface area (Å²) in [5.41, 5.74) is 0. The molecule has 0 radical (unpaired) electrons. The van der Waals surface area contributed by atoms with Crippen LogP contribution in [0, 0.1) is 0 Å². The van der Waals surface area contributed by atoms with Gasteiger partial charge in [-0.15, -0.1) is 0 Å². The summed E-state index contributed by atoms with van der Waals surface area (Å²) in [6.45, 7) is 7.55. The fourth-order valence-electron chi connectivity index (χ4n) is 3.87. The minimum Gasteiger partial charge on any atom is -0.450 e. The molecule has 21 heavy (non-hydrogen) atoms. The van der Waals surface area contributed by atoms with Crippen molar-refractivity contribution in [2.24, 2.45) is 0 Å². The number of rotatable bonds is 4. The van der Waals surface area contributed by atoms with Gasteiger partial charge in [-0.3, -0.25) is 4.90 Å². The molecule has 1 aliphatic carbocycles. The van der Waals surface area contributed by atoms with Gasteiger partial charge in [0.15, 0.2) is 0 Å². The van der Waals surface area contributed by atoms with Crippen molar-refractivity contribution in [3.63, 3.8) is 0 Å². The molecule has 1 amide bonds. The molecule has 3 aliphatic rings. The first-order valence-electron chi connectivity index (χ1n) is 8.61. The molecule has 1 saturated carbocycles. The summed E-state index contributed by atoms with van der Waals surface area (Å²) in [5.74, 6) is 0. The Labute approximate surface area is 128 Å². The number of carbonyl (C=O) groups is 1. The van der Waals surface area contributed by atoms with Crippen molar-refractivity contribution in [1.82, 2.24) is 15.1 Å². The molecule has 3 rings (SSSR count). The summed E-state index contributed by atoms with van der Waals surface area (Å²) < 4.78 is 5.07. The van der Waals surface area contributed by atoms with E-state index in [0.29, 0.717) is 18.7 Å². The van der Waals surface area contributed by atoms with Crippen LogP contribution in [0.1, 0.15) is 46.0 Å². The van der Waals surface area contributed by atoms with Crippen LogP contribution in [-0.2, 0) is 4.74 Å². The molecule has 5 heteroatoms. The second-order valence-electron chi connectivity index (χ2n) is 6.84. The average Bonchev–Trinajstić information content (AvgIpc) is 3.24. The first kappa shape index (κ1) is 15.1. The van der Waals surface area contributed by atoms with Crippen LogP contribution in [0.2, 0.25) is 0 Å². The summed E-state index contributed by atoms with van der Waals surface area (Å²) in [4.78, 5) is 16.2. The van der Waals surface area contributed by atoms with E-state index in [0.717, 1.165) is 38.0 Å². The Morgan fingerprint density at radius 1 is 1.19 bits per heavy atom. The molecule has 2 aliphatic heterocycles. The Morgan fingerprint density at radius 2 is 1.90 bits per heavy atom. The SMILES string of the molecule is CCOC(=O)N1CCC(NC2CC(C)N(C3CC3)C2)CC1. The fraction of sp³-hybridized carbons (Fsp3) is 0.938. The zero-order valence-electron chi connectivity index (χ0n) is 13.4. The van der Waals surface area contributed by atoms with Crippen molar-refractivity contribution in [3.8, 4) is 0 Å². The normalized spacial score (nSPS) is 31.6. The lowest BCUT2D eigenvalue weighted by Gasteiger charge is -2.33. The highest BCUT2D eigenvalue weighted by Gasteiger charge is 2.39. The largest absolute Gasteiger partial charge is 0.450 e. The van der Waals surface area contributed by atoms with Crippen LogP contribution >= 0.6 is 0 Å². The van der Waals surface area contributed by atoms with Gasteiger partial charge in [-0.1, -0.05) is 0 Å². The Balaban J connectivity index is 1.40. The lowest BCUT2D eigenvalue weighted by Crippen LogP contribution is -2.48. The van der Waals surface area contributed by atoms with Crippen molar-refractivity contribution in [3.05, 3.63) is 0 Å². The second-order valence-corrected chi connectivity index (χ2v) is 6.84. The predicted molar refractivity (Wildman–Crippen MR) is 82.3 cm³/mol. The number of nitrogens with one attached hydrogen (secondary N) is 1. The molecular formula is C16H29N3O2. The lowest BCUT2D eigenvalue weighted by atomic mass is 10.0. The number of amides is 1. The number of hydrogen-bond acceptors (Lipinski definition) is 4. The molecule has 2 atom stereocenters. The smallest absolute Gasteiger partial charge is 0.409 e. The van der Waals surface area contributed by atoms with Crippen molar-refractivity contribution < 1.29 is 9.53 Å². The summed E-state index contributed by atoms with van der Waals surface area (Å²) >= 11 is 0. The monoisotopic (exact) mass is 295 g/mol. The number of carbonyl (C=O) groups excluding carboxylic acids is 1. The zero-order valence-corrected chi connectivity index (χ0v) is 13.4. The molecule has 0 aromatic rings. The fourth-order valence-corrected chi connectivity index (χ4v) is 3.87. The third-order valence-electron chi connectivity index (χ3n) is 5.13. The van der Waals surface area contributed by atoms with Crippen molar-refractivity contribution in [1.29, 1.82) is 0 Å². The van der Waals surface area contributed by atoms with Gasteiger partial charge in [0.25, 0.3) is 0 Å². The molecule has 5 nitrogen and oxygen atoms in total. The van der Waals surface area contributed by atoms with Crippen LogP contribution in [0.15, 0.2) is 0 Å². The number of hydrogen-bond donors (Lipinski definition) is 1. The Hall–Kier alpha value is -0.810.